The van der Waals surface area contributed by atoms with Crippen molar-refractivity contribution >= 4 is 29.0 Å². The highest BCUT2D eigenvalue weighted by Gasteiger charge is 2.65. The molecule has 0 aromatic carbocycles. The number of allylic oxidation sites excluding steroid dienone is 2. The molecule has 2 atom stereocenters. The third-order valence-electron chi connectivity index (χ3n) is 5.29. The van der Waals surface area contributed by atoms with Crippen molar-refractivity contribution in [3.63, 3.8) is 0 Å². The third-order valence-corrected chi connectivity index (χ3v) is 6.52. The van der Waals surface area contributed by atoms with E-state index in [2.05, 4.69) is 0 Å². The molecule has 0 amide bonds. The van der Waals surface area contributed by atoms with E-state index in [0.29, 0.717) is 23.3 Å². The average molecular weight is 301 g/mol. The number of rotatable bonds is 1. The molecule has 0 N–H and O–H groups in total. The van der Waals surface area contributed by atoms with Gasteiger partial charge in [0.25, 0.3) is 0 Å². The molecule has 3 heteroatoms. The van der Waals surface area contributed by atoms with Crippen molar-refractivity contribution in [1.29, 1.82) is 0 Å². The fraction of sp³-hybridized carbons (Fsp3) is 0.812. The van der Waals surface area contributed by atoms with Gasteiger partial charge < -0.3 is 0 Å². The van der Waals surface area contributed by atoms with Crippen LogP contribution in [0.15, 0.2) is 10.6 Å². The Labute approximate surface area is 125 Å². The van der Waals surface area contributed by atoms with Gasteiger partial charge in [-0.2, -0.15) is 0 Å². The van der Waals surface area contributed by atoms with E-state index >= 15 is 0 Å². The van der Waals surface area contributed by atoms with Gasteiger partial charge in [0.05, 0.1) is 9.91 Å². The van der Waals surface area contributed by atoms with E-state index in [0.717, 1.165) is 31.3 Å². The van der Waals surface area contributed by atoms with E-state index < -0.39 is 0 Å². The smallest absolute Gasteiger partial charge is 0.174 e. The fourth-order valence-electron chi connectivity index (χ4n) is 4.19. The number of carbonyl (C=O) groups is 1. The summed E-state index contributed by atoms with van der Waals surface area (Å²) in [5, 5.41) is 0.489. The molecule has 0 bridgehead atoms. The molecule has 19 heavy (non-hydrogen) atoms. The van der Waals surface area contributed by atoms with Gasteiger partial charge in [0.2, 0.25) is 0 Å². The molecule has 1 nitrogen and oxygen atoms in total. The second-order valence-corrected chi connectivity index (χ2v) is 7.40. The summed E-state index contributed by atoms with van der Waals surface area (Å²) in [7, 11) is 0. The lowest BCUT2D eigenvalue weighted by Gasteiger charge is -2.20. The van der Waals surface area contributed by atoms with Crippen LogP contribution in [0, 0.1) is 11.8 Å². The second-order valence-electron chi connectivity index (χ2n) is 6.40. The van der Waals surface area contributed by atoms with E-state index in [4.69, 9.17) is 23.2 Å². The maximum absolute atomic E-state index is 12.1. The Bertz CT molecular complexity index is 401. The van der Waals surface area contributed by atoms with Crippen LogP contribution in [0.4, 0.5) is 0 Å². The Kier molecular flexibility index (Phi) is 3.97. The maximum atomic E-state index is 12.1. The highest BCUT2D eigenvalue weighted by atomic mass is 35.5. The molecule has 0 saturated heterocycles. The zero-order valence-electron chi connectivity index (χ0n) is 11.4. The standard InChI is InChI=1S/C16H22Cl2O/c17-15-13(9-5-2-6-10-14(15)19)16(18)11-7-3-1-4-8-12(11)16/h11-12H,1-10H2/b15-13-. The highest BCUT2D eigenvalue weighted by Crippen LogP contribution is 2.66. The molecule has 0 aromatic heterocycles. The second kappa shape index (κ2) is 5.41. The molecule has 0 radical (unpaired) electrons. The van der Waals surface area contributed by atoms with Crippen LogP contribution in [-0.2, 0) is 4.79 Å². The quantitative estimate of drug-likeness (QED) is 0.608. The van der Waals surface area contributed by atoms with Crippen LogP contribution in [0.5, 0.6) is 0 Å². The Morgan fingerprint density at radius 1 is 0.895 bits per heavy atom. The van der Waals surface area contributed by atoms with Gasteiger partial charge in [0.1, 0.15) is 0 Å². The van der Waals surface area contributed by atoms with Crippen molar-refractivity contribution < 1.29 is 4.79 Å². The molecule has 0 heterocycles. The van der Waals surface area contributed by atoms with Crippen LogP contribution in [0.25, 0.3) is 0 Å². The fourth-order valence-corrected chi connectivity index (χ4v) is 5.23. The molecule has 106 valence electrons. The number of alkyl halides is 1. The Morgan fingerprint density at radius 2 is 1.47 bits per heavy atom. The molecule has 2 unspecified atom stereocenters. The molecule has 3 aliphatic carbocycles. The maximum Gasteiger partial charge on any atom is 0.174 e. The first-order valence-electron chi connectivity index (χ1n) is 7.77. The summed E-state index contributed by atoms with van der Waals surface area (Å²) in [5.74, 6) is 1.28. The molecule has 0 aliphatic heterocycles. The molecule has 2 saturated carbocycles. The third kappa shape index (κ3) is 2.38. The first-order chi connectivity index (χ1) is 9.15. The molecule has 2 fully saturated rings. The van der Waals surface area contributed by atoms with Crippen molar-refractivity contribution in [1.82, 2.24) is 0 Å². The Morgan fingerprint density at radius 3 is 2.16 bits per heavy atom. The lowest BCUT2D eigenvalue weighted by molar-refractivity contribution is -0.115. The van der Waals surface area contributed by atoms with Crippen molar-refractivity contribution in [2.75, 3.05) is 0 Å². The Balaban J connectivity index is 1.89. The summed E-state index contributed by atoms with van der Waals surface area (Å²) >= 11 is 13.3. The van der Waals surface area contributed by atoms with Gasteiger partial charge in [0.15, 0.2) is 5.78 Å². The summed E-state index contributed by atoms with van der Waals surface area (Å²) in [6, 6.07) is 0. The van der Waals surface area contributed by atoms with Crippen LogP contribution >= 0.6 is 23.2 Å². The minimum absolute atomic E-state index is 0.123. The van der Waals surface area contributed by atoms with Gasteiger partial charge in [-0.3, -0.25) is 4.79 Å². The van der Waals surface area contributed by atoms with Crippen LogP contribution in [0.3, 0.4) is 0 Å². The van der Waals surface area contributed by atoms with Crippen molar-refractivity contribution in [3.8, 4) is 0 Å². The first-order valence-corrected chi connectivity index (χ1v) is 8.52. The SMILES string of the molecule is O=C1CCCCC/C(C2(Cl)C3CCCCCC32)=C\1Cl. The number of hydrogen-bond acceptors (Lipinski definition) is 1. The van der Waals surface area contributed by atoms with Gasteiger partial charge in [-0.1, -0.05) is 37.3 Å². The number of hydrogen-bond donors (Lipinski definition) is 0. The van der Waals surface area contributed by atoms with Crippen LogP contribution < -0.4 is 0 Å². The number of carbonyl (C=O) groups excluding carboxylic acids is 1. The number of halogens is 2. The van der Waals surface area contributed by atoms with Gasteiger partial charge in [-0.05, 0) is 49.5 Å². The van der Waals surface area contributed by atoms with Crippen LogP contribution in [0.2, 0.25) is 0 Å². The largest absolute Gasteiger partial charge is 0.293 e. The zero-order chi connectivity index (χ0) is 13.5. The van der Waals surface area contributed by atoms with E-state index in [9.17, 15) is 4.79 Å². The molecule has 0 spiro atoms. The topological polar surface area (TPSA) is 17.1 Å². The van der Waals surface area contributed by atoms with Gasteiger partial charge >= 0.3 is 0 Å². The highest BCUT2D eigenvalue weighted by molar-refractivity contribution is 6.44. The lowest BCUT2D eigenvalue weighted by atomic mass is 9.92. The number of fused-ring (bicyclic) bond motifs is 1. The average Bonchev–Trinajstić information content (AvgIpc) is 3.04. The zero-order valence-corrected chi connectivity index (χ0v) is 12.9. The first kappa shape index (κ1) is 13.9. The van der Waals surface area contributed by atoms with Gasteiger partial charge in [-0.15, -0.1) is 11.6 Å². The molecule has 3 rings (SSSR count). The molecular formula is C16H22Cl2O. The summed E-state index contributed by atoms with van der Waals surface area (Å²) < 4.78 is 0. The predicted octanol–water partition coefficient (Wildman–Crippen LogP) is 5.20. The van der Waals surface area contributed by atoms with Crippen molar-refractivity contribution in [2.24, 2.45) is 11.8 Å². The minimum atomic E-state index is -0.259. The lowest BCUT2D eigenvalue weighted by Crippen LogP contribution is -2.17. The summed E-state index contributed by atoms with van der Waals surface area (Å²) in [4.78, 5) is 11.8. The monoisotopic (exact) mass is 300 g/mol. The molecule has 0 aromatic rings. The van der Waals surface area contributed by atoms with Gasteiger partial charge in [-0.25, -0.2) is 0 Å². The van der Waals surface area contributed by atoms with Crippen LogP contribution in [0.1, 0.15) is 64.2 Å². The molecule has 3 aliphatic rings. The van der Waals surface area contributed by atoms with Crippen LogP contribution in [-0.4, -0.2) is 10.7 Å². The van der Waals surface area contributed by atoms with E-state index in [1.54, 1.807) is 0 Å². The minimum Gasteiger partial charge on any atom is -0.293 e. The van der Waals surface area contributed by atoms with E-state index in [-0.39, 0.29) is 10.7 Å². The van der Waals surface area contributed by atoms with E-state index in [1.807, 2.05) is 0 Å². The normalized spacial score (nSPS) is 44.0. The van der Waals surface area contributed by atoms with E-state index in [1.165, 1.54) is 32.1 Å². The Hall–Kier alpha value is -0.0100. The summed E-state index contributed by atoms with van der Waals surface area (Å²) in [5.41, 5.74) is 1.09. The summed E-state index contributed by atoms with van der Waals surface area (Å²) in [6.07, 6.45) is 11.1. The van der Waals surface area contributed by atoms with Crippen molar-refractivity contribution in [3.05, 3.63) is 10.6 Å². The molecular weight excluding hydrogens is 279 g/mol. The number of ketones is 1. The van der Waals surface area contributed by atoms with Gasteiger partial charge in [0, 0.05) is 6.42 Å². The predicted molar refractivity (Wildman–Crippen MR) is 79.6 cm³/mol. The summed E-state index contributed by atoms with van der Waals surface area (Å²) in [6.45, 7) is 0. The number of Topliss-reactive ketones (excluding diaryl/α,β-unsaturated/α-hetero) is 1. The van der Waals surface area contributed by atoms with Crippen molar-refractivity contribution in [2.45, 2.75) is 69.1 Å².